The number of amides is 1. The van der Waals surface area contributed by atoms with Gasteiger partial charge in [-0.2, -0.15) is 0 Å². The summed E-state index contributed by atoms with van der Waals surface area (Å²) in [6, 6.07) is 9.36. The lowest BCUT2D eigenvalue weighted by molar-refractivity contribution is -0.135. The molecule has 2 heterocycles. The van der Waals surface area contributed by atoms with Crippen LogP contribution in [0.3, 0.4) is 0 Å². The molecule has 126 valence electrons. The third-order valence-corrected chi connectivity index (χ3v) is 4.95. The average Bonchev–Trinajstić information content (AvgIpc) is 2.54. The summed E-state index contributed by atoms with van der Waals surface area (Å²) in [5.41, 5.74) is 2.69. The molecular formula is C19H29N3O. The van der Waals surface area contributed by atoms with Crippen molar-refractivity contribution < 1.29 is 4.79 Å². The maximum atomic E-state index is 12.5. The molecule has 4 heteroatoms. The third kappa shape index (κ3) is 4.05. The molecule has 1 fully saturated rings. The molecule has 3 rings (SSSR count). The van der Waals surface area contributed by atoms with Gasteiger partial charge in [0.1, 0.15) is 0 Å². The highest BCUT2D eigenvalue weighted by Crippen LogP contribution is 2.27. The van der Waals surface area contributed by atoms with E-state index in [0.717, 1.165) is 38.9 Å². The van der Waals surface area contributed by atoms with Crippen molar-refractivity contribution in [2.24, 2.45) is 5.92 Å². The van der Waals surface area contributed by atoms with Gasteiger partial charge in [-0.3, -0.25) is 4.79 Å². The Labute approximate surface area is 139 Å². The molecule has 1 amide bonds. The molecule has 0 bridgehead atoms. The standard InChI is InChI=1S/C19H29N3O/c1-14(2)11-19(23)22-10-9-20-13-17(22)12-16-8-7-15-5-3-4-6-18(15)21-16/h3-6,14,16-17,20-21H,7-13H2,1-2H3. The first-order valence-corrected chi connectivity index (χ1v) is 8.98. The third-order valence-electron chi connectivity index (χ3n) is 4.95. The van der Waals surface area contributed by atoms with E-state index < -0.39 is 0 Å². The number of rotatable bonds is 4. The highest BCUT2D eigenvalue weighted by Gasteiger charge is 2.30. The Morgan fingerprint density at radius 2 is 2.17 bits per heavy atom. The Kier molecular flexibility index (Phi) is 5.21. The Bertz CT molecular complexity index is 543. The van der Waals surface area contributed by atoms with E-state index in [0.29, 0.717) is 30.3 Å². The first-order valence-electron chi connectivity index (χ1n) is 8.98. The van der Waals surface area contributed by atoms with Crippen LogP contribution in [-0.4, -0.2) is 42.5 Å². The monoisotopic (exact) mass is 315 g/mol. The molecule has 4 nitrogen and oxygen atoms in total. The van der Waals surface area contributed by atoms with Crippen LogP contribution < -0.4 is 10.6 Å². The summed E-state index contributed by atoms with van der Waals surface area (Å²) in [5.74, 6) is 0.750. The van der Waals surface area contributed by atoms with Crippen LogP contribution in [-0.2, 0) is 11.2 Å². The second kappa shape index (κ2) is 7.35. The fourth-order valence-electron chi connectivity index (χ4n) is 3.77. The summed E-state index contributed by atoms with van der Waals surface area (Å²) in [6.45, 7) is 6.92. The molecule has 0 spiro atoms. The van der Waals surface area contributed by atoms with Crippen molar-refractivity contribution in [2.45, 2.75) is 51.6 Å². The number of para-hydroxylation sites is 1. The van der Waals surface area contributed by atoms with Crippen LogP contribution in [0, 0.1) is 5.92 Å². The van der Waals surface area contributed by atoms with Crippen LogP contribution in [0.1, 0.15) is 38.7 Å². The van der Waals surface area contributed by atoms with Gasteiger partial charge in [0.15, 0.2) is 0 Å². The van der Waals surface area contributed by atoms with Crippen molar-refractivity contribution >= 4 is 11.6 Å². The number of nitrogens with zero attached hydrogens (tertiary/aromatic N) is 1. The van der Waals surface area contributed by atoms with E-state index in [4.69, 9.17) is 0 Å². The SMILES string of the molecule is CC(C)CC(=O)N1CCNCC1CC1CCc2ccccc2N1. The summed E-state index contributed by atoms with van der Waals surface area (Å²) in [7, 11) is 0. The number of hydrogen-bond donors (Lipinski definition) is 2. The Morgan fingerprint density at radius 3 is 3.00 bits per heavy atom. The molecular weight excluding hydrogens is 286 g/mol. The Morgan fingerprint density at radius 1 is 1.35 bits per heavy atom. The summed E-state index contributed by atoms with van der Waals surface area (Å²) in [4.78, 5) is 14.7. The summed E-state index contributed by atoms with van der Waals surface area (Å²) < 4.78 is 0. The molecule has 2 aliphatic heterocycles. The first kappa shape index (κ1) is 16.3. The van der Waals surface area contributed by atoms with Crippen LogP contribution in [0.2, 0.25) is 0 Å². The summed E-state index contributed by atoms with van der Waals surface area (Å²) in [5, 5.41) is 7.14. The van der Waals surface area contributed by atoms with E-state index in [-0.39, 0.29) is 0 Å². The fraction of sp³-hybridized carbons (Fsp3) is 0.632. The van der Waals surface area contributed by atoms with Gasteiger partial charge in [-0.15, -0.1) is 0 Å². The maximum Gasteiger partial charge on any atom is 0.223 e. The number of carbonyl (C=O) groups excluding carboxylic acids is 1. The van der Waals surface area contributed by atoms with Gasteiger partial charge in [0, 0.05) is 43.8 Å². The summed E-state index contributed by atoms with van der Waals surface area (Å²) >= 11 is 0. The lowest BCUT2D eigenvalue weighted by Crippen LogP contribution is -2.55. The lowest BCUT2D eigenvalue weighted by atomic mass is 9.92. The predicted octanol–water partition coefficient (Wildman–Crippen LogP) is 2.65. The average molecular weight is 315 g/mol. The van der Waals surface area contributed by atoms with Gasteiger partial charge in [-0.25, -0.2) is 0 Å². The van der Waals surface area contributed by atoms with Crippen LogP contribution in [0.15, 0.2) is 24.3 Å². The summed E-state index contributed by atoms with van der Waals surface area (Å²) in [6.07, 6.45) is 3.98. The maximum absolute atomic E-state index is 12.5. The molecule has 1 aromatic carbocycles. The molecule has 2 atom stereocenters. The molecule has 2 aliphatic rings. The molecule has 23 heavy (non-hydrogen) atoms. The quantitative estimate of drug-likeness (QED) is 0.898. The van der Waals surface area contributed by atoms with Crippen molar-refractivity contribution in [2.75, 3.05) is 25.0 Å². The molecule has 0 aliphatic carbocycles. The minimum Gasteiger partial charge on any atom is -0.382 e. The second-order valence-corrected chi connectivity index (χ2v) is 7.32. The van der Waals surface area contributed by atoms with Crippen molar-refractivity contribution in [3.05, 3.63) is 29.8 Å². The van der Waals surface area contributed by atoms with Crippen LogP contribution >= 0.6 is 0 Å². The molecule has 1 saturated heterocycles. The smallest absolute Gasteiger partial charge is 0.223 e. The normalized spacial score (nSPS) is 24.2. The number of anilines is 1. The van der Waals surface area contributed by atoms with Gasteiger partial charge < -0.3 is 15.5 Å². The van der Waals surface area contributed by atoms with Gasteiger partial charge >= 0.3 is 0 Å². The minimum absolute atomic E-state index is 0.317. The van der Waals surface area contributed by atoms with E-state index in [1.165, 1.54) is 11.3 Å². The van der Waals surface area contributed by atoms with E-state index in [1.54, 1.807) is 0 Å². The molecule has 0 radical (unpaired) electrons. The Balaban J connectivity index is 1.62. The van der Waals surface area contributed by atoms with Crippen LogP contribution in [0.4, 0.5) is 5.69 Å². The van der Waals surface area contributed by atoms with E-state index >= 15 is 0 Å². The Hall–Kier alpha value is -1.55. The zero-order valence-corrected chi connectivity index (χ0v) is 14.3. The van der Waals surface area contributed by atoms with E-state index in [2.05, 4.69) is 53.6 Å². The zero-order valence-electron chi connectivity index (χ0n) is 14.3. The van der Waals surface area contributed by atoms with Gasteiger partial charge in [0.05, 0.1) is 0 Å². The number of carbonyl (C=O) groups is 1. The number of benzene rings is 1. The molecule has 0 aromatic heterocycles. The molecule has 1 aromatic rings. The van der Waals surface area contributed by atoms with Gasteiger partial charge in [0.2, 0.25) is 5.91 Å². The number of fused-ring (bicyclic) bond motifs is 1. The fourth-order valence-corrected chi connectivity index (χ4v) is 3.77. The minimum atomic E-state index is 0.317. The highest BCUT2D eigenvalue weighted by molar-refractivity contribution is 5.77. The van der Waals surface area contributed by atoms with Gasteiger partial charge in [0.25, 0.3) is 0 Å². The largest absolute Gasteiger partial charge is 0.382 e. The molecule has 0 saturated carbocycles. The number of aryl methyl sites for hydroxylation is 1. The van der Waals surface area contributed by atoms with Gasteiger partial charge in [-0.1, -0.05) is 32.0 Å². The lowest BCUT2D eigenvalue weighted by Gasteiger charge is -2.39. The highest BCUT2D eigenvalue weighted by atomic mass is 16.2. The van der Waals surface area contributed by atoms with Crippen LogP contribution in [0.5, 0.6) is 0 Å². The number of hydrogen-bond acceptors (Lipinski definition) is 3. The zero-order chi connectivity index (χ0) is 16.2. The van der Waals surface area contributed by atoms with Crippen molar-refractivity contribution in [3.63, 3.8) is 0 Å². The van der Waals surface area contributed by atoms with Crippen molar-refractivity contribution in [3.8, 4) is 0 Å². The van der Waals surface area contributed by atoms with Gasteiger partial charge in [-0.05, 0) is 36.8 Å². The van der Waals surface area contributed by atoms with Crippen molar-refractivity contribution in [1.29, 1.82) is 0 Å². The van der Waals surface area contributed by atoms with E-state index in [1.807, 2.05) is 0 Å². The van der Waals surface area contributed by atoms with E-state index in [9.17, 15) is 4.79 Å². The molecule has 2 unspecified atom stereocenters. The predicted molar refractivity (Wildman–Crippen MR) is 94.6 cm³/mol. The first-order chi connectivity index (χ1) is 11.1. The number of piperazine rings is 1. The number of nitrogens with one attached hydrogen (secondary N) is 2. The van der Waals surface area contributed by atoms with Crippen molar-refractivity contribution in [1.82, 2.24) is 10.2 Å². The topological polar surface area (TPSA) is 44.4 Å². The molecule has 2 N–H and O–H groups in total. The van der Waals surface area contributed by atoms with Crippen LogP contribution in [0.25, 0.3) is 0 Å². The second-order valence-electron chi connectivity index (χ2n) is 7.32.